The molecule has 3 aromatic rings. The summed E-state index contributed by atoms with van der Waals surface area (Å²) >= 11 is 1.21. The molecule has 1 unspecified atom stereocenters. The van der Waals surface area contributed by atoms with Gasteiger partial charge in [-0.1, -0.05) is 42.1 Å². The smallest absolute Gasteiger partial charge is 0.338 e. The number of allylic oxidation sites excluding steroid dienone is 2. The molecule has 0 bridgehead atoms. The summed E-state index contributed by atoms with van der Waals surface area (Å²) in [5.74, 6) is -1.19. The van der Waals surface area contributed by atoms with Gasteiger partial charge in [0.25, 0.3) is 5.91 Å². The number of rotatable bonds is 9. The van der Waals surface area contributed by atoms with Crippen molar-refractivity contribution in [1.29, 1.82) is 5.26 Å². The predicted molar refractivity (Wildman–Crippen MR) is 144 cm³/mol. The van der Waals surface area contributed by atoms with E-state index in [1.165, 1.54) is 18.0 Å². The van der Waals surface area contributed by atoms with E-state index >= 15 is 0 Å². The molecule has 0 radical (unpaired) electrons. The summed E-state index contributed by atoms with van der Waals surface area (Å²) in [5, 5.41) is 16.6. The monoisotopic (exact) mass is 527 g/mol. The molecule has 8 nitrogen and oxygen atoms in total. The van der Waals surface area contributed by atoms with E-state index in [1.807, 2.05) is 6.07 Å². The second-order valence-electron chi connectivity index (χ2n) is 8.30. The third-order valence-electron chi connectivity index (χ3n) is 5.82. The van der Waals surface area contributed by atoms with Crippen LogP contribution in [0.4, 0.5) is 5.69 Å². The Morgan fingerprint density at radius 2 is 1.79 bits per heavy atom. The summed E-state index contributed by atoms with van der Waals surface area (Å²) in [6.07, 6.45) is 1.48. The molecule has 9 heteroatoms. The average Bonchev–Trinajstić information content (AvgIpc) is 3.47. The number of carbonyl (C=O) groups is 3. The molecule has 192 valence electrons. The lowest BCUT2D eigenvalue weighted by Crippen LogP contribution is -2.30. The van der Waals surface area contributed by atoms with Crippen LogP contribution in [0.2, 0.25) is 0 Å². The molecule has 1 aromatic heterocycles. The van der Waals surface area contributed by atoms with Gasteiger partial charge in [-0.2, -0.15) is 5.26 Å². The summed E-state index contributed by atoms with van der Waals surface area (Å²) in [4.78, 5) is 38.1. The number of amides is 1. The summed E-state index contributed by atoms with van der Waals surface area (Å²) in [5.41, 5.74) is 2.54. The van der Waals surface area contributed by atoms with E-state index in [4.69, 9.17) is 9.15 Å². The highest BCUT2D eigenvalue weighted by molar-refractivity contribution is 8.03. The van der Waals surface area contributed by atoms with Gasteiger partial charge >= 0.3 is 5.97 Å². The lowest BCUT2D eigenvalue weighted by atomic mass is 9.85. The van der Waals surface area contributed by atoms with Crippen LogP contribution in [0.25, 0.3) is 0 Å². The van der Waals surface area contributed by atoms with Crippen LogP contribution >= 0.6 is 11.8 Å². The van der Waals surface area contributed by atoms with E-state index in [0.717, 1.165) is 0 Å². The maximum atomic E-state index is 13.5. The zero-order chi connectivity index (χ0) is 27.1. The second-order valence-corrected chi connectivity index (χ2v) is 9.28. The highest BCUT2D eigenvalue weighted by atomic mass is 32.2. The van der Waals surface area contributed by atoms with Crippen molar-refractivity contribution in [2.45, 2.75) is 19.8 Å². The standard InChI is InChI=1S/C29H25N3O5S/c1-3-36-29(35)20-11-13-21(14-12-20)32-27(34)25-18(2)31-28(22(16-30)26(25)24-10-7-15-37-24)38-17-23(33)19-8-5-4-6-9-19/h4-15,26,31H,3,17H2,1-2H3,(H,32,34). The minimum Gasteiger partial charge on any atom is -0.468 e. The van der Waals surface area contributed by atoms with Crippen molar-refractivity contribution in [3.8, 4) is 6.07 Å². The molecule has 4 rings (SSSR count). The van der Waals surface area contributed by atoms with Crippen LogP contribution in [0.1, 0.15) is 46.2 Å². The summed E-state index contributed by atoms with van der Waals surface area (Å²) in [6, 6.07) is 20.9. The number of Topliss-reactive ketones (excluding diaryl/α,β-unsaturated/α-hetero) is 1. The number of esters is 1. The molecule has 1 aliphatic rings. The molecule has 2 aromatic carbocycles. The molecule has 1 amide bonds. The van der Waals surface area contributed by atoms with Crippen molar-refractivity contribution in [3.63, 3.8) is 0 Å². The number of nitriles is 1. The molecule has 2 N–H and O–H groups in total. The van der Waals surface area contributed by atoms with Gasteiger partial charge in [0.2, 0.25) is 0 Å². The summed E-state index contributed by atoms with van der Waals surface area (Å²) in [7, 11) is 0. The SMILES string of the molecule is CCOC(=O)c1ccc(NC(=O)C2=C(C)NC(SCC(=O)c3ccccc3)=C(C#N)C2c2ccco2)cc1. The van der Waals surface area contributed by atoms with Crippen molar-refractivity contribution in [1.82, 2.24) is 5.32 Å². The minimum atomic E-state index is -0.774. The van der Waals surface area contributed by atoms with E-state index in [2.05, 4.69) is 16.7 Å². The Hall–Kier alpha value is -4.55. The average molecular weight is 528 g/mol. The Morgan fingerprint density at radius 1 is 1.05 bits per heavy atom. The van der Waals surface area contributed by atoms with E-state index in [9.17, 15) is 19.6 Å². The Morgan fingerprint density at radius 3 is 2.42 bits per heavy atom. The molecule has 1 aliphatic heterocycles. The number of carbonyl (C=O) groups excluding carboxylic acids is 3. The fourth-order valence-corrected chi connectivity index (χ4v) is 5.00. The quantitative estimate of drug-likeness (QED) is 0.280. The van der Waals surface area contributed by atoms with Gasteiger partial charge in [0, 0.05) is 16.9 Å². The lowest BCUT2D eigenvalue weighted by molar-refractivity contribution is -0.113. The highest BCUT2D eigenvalue weighted by Crippen LogP contribution is 2.41. The Kier molecular flexibility index (Phi) is 8.46. The third kappa shape index (κ3) is 5.88. The first-order valence-electron chi connectivity index (χ1n) is 11.9. The van der Waals surface area contributed by atoms with Gasteiger partial charge in [-0.25, -0.2) is 4.79 Å². The van der Waals surface area contributed by atoms with Crippen LogP contribution in [0.15, 0.2) is 99.3 Å². The molecule has 0 aliphatic carbocycles. The molecule has 0 spiro atoms. The normalized spacial score (nSPS) is 14.9. The number of dihydropyridines is 1. The third-order valence-corrected chi connectivity index (χ3v) is 6.83. The zero-order valence-electron chi connectivity index (χ0n) is 20.8. The Labute approximate surface area is 224 Å². The maximum Gasteiger partial charge on any atom is 0.338 e. The fraction of sp³-hybridized carbons (Fsp3) is 0.172. The number of hydrogen-bond donors (Lipinski definition) is 2. The second kappa shape index (κ2) is 12.1. The largest absolute Gasteiger partial charge is 0.468 e. The summed E-state index contributed by atoms with van der Waals surface area (Å²) < 4.78 is 10.6. The molecule has 0 saturated heterocycles. The van der Waals surface area contributed by atoms with Crippen LogP contribution in [-0.2, 0) is 9.53 Å². The van der Waals surface area contributed by atoms with Crippen molar-refractivity contribution in [2.24, 2.45) is 0 Å². The van der Waals surface area contributed by atoms with E-state index in [1.54, 1.807) is 74.5 Å². The fourth-order valence-electron chi connectivity index (χ4n) is 4.02. The van der Waals surface area contributed by atoms with Gasteiger partial charge in [0.1, 0.15) is 5.76 Å². The van der Waals surface area contributed by atoms with Crippen LogP contribution < -0.4 is 10.6 Å². The van der Waals surface area contributed by atoms with Crippen molar-refractivity contribution >= 4 is 35.1 Å². The number of nitrogens with zero attached hydrogens (tertiary/aromatic N) is 1. The Balaban J connectivity index is 1.59. The molecule has 1 atom stereocenters. The zero-order valence-corrected chi connectivity index (χ0v) is 21.6. The predicted octanol–water partition coefficient (Wildman–Crippen LogP) is 5.41. The van der Waals surface area contributed by atoms with Crippen molar-refractivity contribution < 1.29 is 23.5 Å². The van der Waals surface area contributed by atoms with Crippen molar-refractivity contribution in [3.05, 3.63) is 112 Å². The Bertz CT molecular complexity index is 1440. The number of ether oxygens (including phenoxy) is 1. The van der Waals surface area contributed by atoms with Gasteiger partial charge in [0.15, 0.2) is 5.78 Å². The van der Waals surface area contributed by atoms with Gasteiger partial charge < -0.3 is 19.8 Å². The molecule has 0 saturated carbocycles. The first-order chi connectivity index (χ1) is 18.4. The molecule has 0 fully saturated rings. The number of ketones is 1. The highest BCUT2D eigenvalue weighted by Gasteiger charge is 2.36. The first-order valence-corrected chi connectivity index (χ1v) is 12.9. The first kappa shape index (κ1) is 26.5. The van der Waals surface area contributed by atoms with Crippen LogP contribution in [-0.4, -0.2) is 30.0 Å². The van der Waals surface area contributed by atoms with Gasteiger partial charge in [-0.3, -0.25) is 9.59 Å². The van der Waals surface area contributed by atoms with Crippen LogP contribution in [0.5, 0.6) is 0 Å². The number of nitrogens with one attached hydrogen (secondary N) is 2. The number of anilines is 1. The molecule has 2 heterocycles. The topological polar surface area (TPSA) is 121 Å². The number of furan rings is 1. The van der Waals surface area contributed by atoms with Gasteiger partial charge in [-0.05, 0) is 50.2 Å². The number of thioether (sulfide) groups is 1. The maximum absolute atomic E-state index is 13.5. The number of benzene rings is 2. The van der Waals surface area contributed by atoms with E-state index in [-0.39, 0.29) is 23.7 Å². The number of hydrogen-bond acceptors (Lipinski definition) is 8. The van der Waals surface area contributed by atoms with Crippen LogP contribution in [0, 0.1) is 11.3 Å². The van der Waals surface area contributed by atoms with Gasteiger partial charge in [-0.15, -0.1) is 0 Å². The summed E-state index contributed by atoms with van der Waals surface area (Å²) in [6.45, 7) is 3.73. The van der Waals surface area contributed by atoms with Crippen molar-refractivity contribution in [2.75, 3.05) is 17.7 Å². The lowest BCUT2D eigenvalue weighted by Gasteiger charge is -2.28. The molecular weight excluding hydrogens is 502 g/mol. The van der Waals surface area contributed by atoms with E-state index < -0.39 is 17.8 Å². The molecular formula is C29H25N3O5S. The van der Waals surface area contributed by atoms with Gasteiger partial charge in [0.05, 0.1) is 52.3 Å². The minimum absolute atomic E-state index is 0.0758. The molecule has 38 heavy (non-hydrogen) atoms. The van der Waals surface area contributed by atoms with E-state index in [0.29, 0.717) is 38.9 Å². The van der Waals surface area contributed by atoms with Crippen LogP contribution in [0.3, 0.4) is 0 Å².